The highest BCUT2D eigenvalue weighted by atomic mass is 15.0. The second-order valence-corrected chi connectivity index (χ2v) is 6.10. The molecule has 0 unspecified atom stereocenters. The van der Waals surface area contributed by atoms with Crippen molar-refractivity contribution in [1.82, 2.24) is 14.9 Å². The van der Waals surface area contributed by atoms with E-state index in [0.717, 1.165) is 13.1 Å². The van der Waals surface area contributed by atoms with Gasteiger partial charge in [-0.25, -0.2) is 0 Å². The smallest absolute Gasteiger partial charge is 0.0488 e. The molecule has 0 saturated carbocycles. The molecule has 102 valence electrons. The Kier molecular flexibility index (Phi) is 4.05. The second-order valence-electron chi connectivity index (χ2n) is 6.10. The van der Waals surface area contributed by atoms with Gasteiger partial charge in [0.2, 0.25) is 0 Å². The molecule has 0 spiro atoms. The van der Waals surface area contributed by atoms with E-state index in [1.165, 1.54) is 16.8 Å². The zero-order chi connectivity index (χ0) is 13.9. The van der Waals surface area contributed by atoms with Crippen LogP contribution < -0.4 is 5.32 Å². The van der Waals surface area contributed by atoms with Crippen molar-refractivity contribution in [2.24, 2.45) is 0 Å². The third-order valence-electron chi connectivity index (χ3n) is 3.01. The quantitative estimate of drug-likeness (QED) is 0.912. The molecule has 0 saturated heterocycles. The molecule has 0 aliphatic heterocycles. The molecule has 3 heteroatoms. The topological polar surface area (TPSA) is 29.9 Å². The molecule has 0 atom stereocenters. The van der Waals surface area contributed by atoms with E-state index in [1.807, 2.05) is 12.4 Å². The number of hydrogen-bond acceptors (Lipinski definition) is 2. The summed E-state index contributed by atoms with van der Waals surface area (Å²) in [5.41, 5.74) is 3.89. The summed E-state index contributed by atoms with van der Waals surface area (Å²) in [7, 11) is 0. The van der Waals surface area contributed by atoms with Gasteiger partial charge in [0.05, 0.1) is 0 Å². The standard InChI is InChI=1S/C16H23N3/c1-13-8-14(10-17-9-13)12-19-7-5-6-15(19)11-18-16(2,3)4/h5-10,18H,11-12H2,1-4H3. The Labute approximate surface area is 115 Å². The molecule has 2 aromatic heterocycles. The van der Waals surface area contributed by atoms with Crippen LogP contribution in [-0.4, -0.2) is 15.1 Å². The maximum absolute atomic E-state index is 4.25. The number of aromatic nitrogens is 2. The van der Waals surface area contributed by atoms with E-state index in [0.29, 0.717) is 0 Å². The Balaban J connectivity index is 2.07. The molecule has 19 heavy (non-hydrogen) atoms. The lowest BCUT2D eigenvalue weighted by atomic mass is 10.1. The lowest BCUT2D eigenvalue weighted by molar-refractivity contribution is 0.417. The highest BCUT2D eigenvalue weighted by molar-refractivity contribution is 5.19. The highest BCUT2D eigenvalue weighted by Crippen LogP contribution is 2.10. The molecule has 3 nitrogen and oxygen atoms in total. The number of pyridine rings is 1. The number of aryl methyl sites for hydroxylation is 1. The van der Waals surface area contributed by atoms with Gasteiger partial charge >= 0.3 is 0 Å². The number of hydrogen-bond donors (Lipinski definition) is 1. The number of rotatable bonds is 4. The third-order valence-corrected chi connectivity index (χ3v) is 3.01. The fourth-order valence-electron chi connectivity index (χ4n) is 2.02. The van der Waals surface area contributed by atoms with Crippen LogP contribution in [0.5, 0.6) is 0 Å². The fraction of sp³-hybridized carbons (Fsp3) is 0.438. The Morgan fingerprint density at radius 3 is 2.74 bits per heavy atom. The van der Waals surface area contributed by atoms with Crippen LogP contribution in [0.1, 0.15) is 37.6 Å². The van der Waals surface area contributed by atoms with Gasteiger partial charge < -0.3 is 9.88 Å². The van der Waals surface area contributed by atoms with Crippen molar-refractivity contribution < 1.29 is 0 Å². The zero-order valence-corrected chi connectivity index (χ0v) is 12.3. The van der Waals surface area contributed by atoms with Crippen LogP contribution in [0.3, 0.4) is 0 Å². The van der Waals surface area contributed by atoms with Crippen LogP contribution >= 0.6 is 0 Å². The van der Waals surface area contributed by atoms with E-state index in [-0.39, 0.29) is 5.54 Å². The average molecular weight is 257 g/mol. The maximum atomic E-state index is 4.25. The first-order chi connectivity index (χ1) is 8.94. The summed E-state index contributed by atoms with van der Waals surface area (Å²) in [6, 6.07) is 6.46. The van der Waals surface area contributed by atoms with Crippen LogP contribution in [0.4, 0.5) is 0 Å². The minimum absolute atomic E-state index is 0.139. The van der Waals surface area contributed by atoms with Gasteiger partial charge in [0, 0.05) is 42.9 Å². The van der Waals surface area contributed by atoms with E-state index in [2.05, 4.69) is 67.0 Å². The molecule has 2 aromatic rings. The minimum atomic E-state index is 0.139. The van der Waals surface area contributed by atoms with Crippen molar-refractivity contribution in [1.29, 1.82) is 0 Å². The van der Waals surface area contributed by atoms with E-state index < -0.39 is 0 Å². The summed E-state index contributed by atoms with van der Waals surface area (Å²) in [5.74, 6) is 0. The summed E-state index contributed by atoms with van der Waals surface area (Å²) in [6.07, 6.45) is 5.96. The van der Waals surface area contributed by atoms with Crippen LogP contribution in [0.15, 0.2) is 36.8 Å². The zero-order valence-electron chi connectivity index (χ0n) is 12.3. The molecule has 1 N–H and O–H groups in total. The molecule has 0 aliphatic carbocycles. The van der Waals surface area contributed by atoms with E-state index in [9.17, 15) is 0 Å². The van der Waals surface area contributed by atoms with Gasteiger partial charge in [-0.2, -0.15) is 0 Å². The van der Waals surface area contributed by atoms with Crippen molar-refractivity contribution in [3.63, 3.8) is 0 Å². The van der Waals surface area contributed by atoms with Crippen molar-refractivity contribution in [3.8, 4) is 0 Å². The summed E-state index contributed by atoms with van der Waals surface area (Å²) in [5, 5.41) is 3.53. The lowest BCUT2D eigenvalue weighted by Crippen LogP contribution is -2.35. The highest BCUT2D eigenvalue weighted by Gasteiger charge is 2.10. The third kappa shape index (κ3) is 4.21. The van der Waals surface area contributed by atoms with Crippen LogP contribution in [0, 0.1) is 6.92 Å². The van der Waals surface area contributed by atoms with Crippen molar-refractivity contribution in [2.75, 3.05) is 0 Å². The molecule has 0 radical (unpaired) electrons. The molecule has 0 aromatic carbocycles. The number of nitrogens with one attached hydrogen (secondary N) is 1. The molecular formula is C16H23N3. The Bertz CT molecular complexity index is 535. The SMILES string of the molecule is Cc1cncc(Cn2cccc2CNC(C)(C)C)c1. The summed E-state index contributed by atoms with van der Waals surface area (Å²) in [4.78, 5) is 4.25. The first-order valence-electron chi connectivity index (χ1n) is 6.74. The minimum Gasteiger partial charge on any atom is -0.346 e. The molecule has 0 fully saturated rings. The van der Waals surface area contributed by atoms with Crippen LogP contribution in [0.2, 0.25) is 0 Å². The molecule has 2 rings (SSSR count). The van der Waals surface area contributed by atoms with E-state index in [4.69, 9.17) is 0 Å². The molecule has 0 amide bonds. The van der Waals surface area contributed by atoms with Gasteiger partial charge in [-0.05, 0) is 51.0 Å². The average Bonchev–Trinajstić information content (AvgIpc) is 2.73. The number of nitrogens with zero attached hydrogens (tertiary/aromatic N) is 2. The molecule has 0 bridgehead atoms. The van der Waals surface area contributed by atoms with E-state index >= 15 is 0 Å². The van der Waals surface area contributed by atoms with Gasteiger partial charge in [0.15, 0.2) is 0 Å². The summed E-state index contributed by atoms with van der Waals surface area (Å²) >= 11 is 0. The first-order valence-corrected chi connectivity index (χ1v) is 6.74. The maximum Gasteiger partial charge on any atom is 0.0488 e. The van der Waals surface area contributed by atoms with Gasteiger partial charge in [-0.1, -0.05) is 6.07 Å². The Morgan fingerprint density at radius 2 is 2.05 bits per heavy atom. The summed E-state index contributed by atoms with van der Waals surface area (Å²) in [6.45, 7) is 10.4. The lowest BCUT2D eigenvalue weighted by Gasteiger charge is -2.21. The van der Waals surface area contributed by atoms with Gasteiger partial charge in [0.25, 0.3) is 0 Å². The van der Waals surface area contributed by atoms with Gasteiger partial charge in [0.1, 0.15) is 0 Å². The monoisotopic (exact) mass is 257 g/mol. The normalized spacial score (nSPS) is 11.8. The van der Waals surface area contributed by atoms with Crippen molar-refractivity contribution in [2.45, 2.75) is 46.3 Å². The summed E-state index contributed by atoms with van der Waals surface area (Å²) < 4.78 is 2.27. The first kappa shape index (κ1) is 13.8. The Morgan fingerprint density at radius 1 is 1.26 bits per heavy atom. The second kappa shape index (κ2) is 5.57. The van der Waals surface area contributed by atoms with Gasteiger partial charge in [-0.3, -0.25) is 4.98 Å². The predicted molar refractivity (Wildman–Crippen MR) is 79.1 cm³/mol. The van der Waals surface area contributed by atoms with Crippen molar-refractivity contribution in [3.05, 3.63) is 53.6 Å². The predicted octanol–water partition coefficient (Wildman–Crippen LogP) is 3.13. The van der Waals surface area contributed by atoms with Crippen molar-refractivity contribution >= 4 is 0 Å². The van der Waals surface area contributed by atoms with E-state index in [1.54, 1.807) is 0 Å². The fourth-order valence-corrected chi connectivity index (χ4v) is 2.02. The molecule has 0 aliphatic rings. The molecule has 2 heterocycles. The van der Waals surface area contributed by atoms with Gasteiger partial charge in [-0.15, -0.1) is 0 Å². The van der Waals surface area contributed by atoms with Crippen LogP contribution in [0.25, 0.3) is 0 Å². The Hall–Kier alpha value is -1.61. The molecular weight excluding hydrogens is 234 g/mol. The largest absolute Gasteiger partial charge is 0.346 e. The van der Waals surface area contributed by atoms with Crippen LogP contribution in [-0.2, 0) is 13.1 Å².